The summed E-state index contributed by atoms with van der Waals surface area (Å²) in [5.41, 5.74) is 0.375. The Labute approximate surface area is 122 Å². The molecule has 0 aromatic heterocycles. The van der Waals surface area contributed by atoms with Crippen LogP contribution in [-0.2, 0) is 9.84 Å². The molecule has 0 aliphatic heterocycles. The number of aliphatic hydroxyl groups is 1. The molecule has 0 aliphatic carbocycles. The maximum atomic E-state index is 13.1. The molecule has 0 fully saturated rings. The molecule has 0 saturated heterocycles. The molecule has 1 N–H and O–H groups in total. The zero-order chi connectivity index (χ0) is 15.5. The molecule has 0 heterocycles. The third-order valence-corrected chi connectivity index (χ3v) is 4.76. The molecule has 0 spiro atoms. The van der Waals surface area contributed by atoms with E-state index in [4.69, 9.17) is 4.74 Å². The lowest BCUT2D eigenvalue weighted by atomic mass is 10.1. The molecule has 0 saturated carbocycles. The Balaban J connectivity index is 2.28. The summed E-state index contributed by atoms with van der Waals surface area (Å²) in [6, 6.07) is 11.3. The number of benzene rings is 2. The van der Waals surface area contributed by atoms with Gasteiger partial charge in [0, 0.05) is 5.56 Å². The molecular weight excluding hydrogens is 295 g/mol. The van der Waals surface area contributed by atoms with Crippen LogP contribution in [0.3, 0.4) is 0 Å². The summed E-state index contributed by atoms with van der Waals surface area (Å²) >= 11 is 0. The number of aliphatic hydroxyl groups excluding tert-OH is 1. The predicted octanol–water partition coefficient (Wildman–Crippen LogP) is 2.34. The minimum absolute atomic E-state index is 0.156. The summed E-state index contributed by atoms with van der Waals surface area (Å²) in [7, 11) is -2.36. The number of methoxy groups -OCH3 is 1. The van der Waals surface area contributed by atoms with Crippen molar-refractivity contribution in [3.63, 3.8) is 0 Å². The summed E-state index contributed by atoms with van der Waals surface area (Å²) in [5, 5.41) is 10.1. The van der Waals surface area contributed by atoms with Crippen molar-refractivity contribution in [3.8, 4) is 5.75 Å². The second-order valence-corrected chi connectivity index (χ2v) is 6.53. The fraction of sp³-hybridized carbons (Fsp3) is 0.200. The number of hydrogen-bond donors (Lipinski definition) is 1. The molecule has 0 radical (unpaired) electrons. The average Bonchev–Trinajstić information content (AvgIpc) is 2.46. The second kappa shape index (κ2) is 6.24. The molecule has 21 heavy (non-hydrogen) atoms. The molecule has 2 rings (SSSR count). The largest absolute Gasteiger partial charge is 0.496 e. The first-order valence-corrected chi connectivity index (χ1v) is 7.88. The van der Waals surface area contributed by atoms with E-state index >= 15 is 0 Å². The summed E-state index contributed by atoms with van der Waals surface area (Å²) in [6.45, 7) is 0. The van der Waals surface area contributed by atoms with Gasteiger partial charge in [0.2, 0.25) is 0 Å². The Bertz CT molecular complexity index is 728. The molecule has 0 amide bonds. The van der Waals surface area contributed by atoms with Crippen molar-refractivity contribution in [2.45, 2.75) is 11.0 Å². The zero-order valence-corrected chi connectivity index (χ0v) is 12.2. The zero-order valence-electron chi connectivity index (χ0n) is 11.4. The topological polar surface area (TPSA) is 63.6 Å². The van der Waals surface area contributed by atoms with E-state index in [9.17, 15) is 17.9 Å². The summed E-state index contributed by atoms with van der Waals surface area (Å²) in [5.74, 6) is -0.779. The lowest BCUT2D eigenvalue weighted by molar-refractivity contribution is 0.196. The van der Waals surface area contributed by atoms with E-state index in [0.29, 0.717) is 11.3 Å². The monoisotopic (exact) mass is 310 g/mol. The van der Waals surface area contributed by atoms with Gasteiger partial charge < -0.3 is 9.84 Å². The Hall–Kier alpha value is -1.92. The minimum atomic E-state index is -3.80. The fourth-order valence-corrected chi connectivity index (χ4v) is 3.36. The maximum Gasteiger partial charge on any atom is 0.181 e. The first-order valence-electron chi connectivity index (χ1n) is 6.23. The van der Waals surface area contributed by atoms with Gasteiger partial charge in [0.15, 0.2) is 9.84 Å². The highest BCUT2D eigenvalue weighted by Gasteiger charge is 2.23. The molecule has 6 heteroatoms. The van der Waals surface area contributed by atoms with Gasteiger partial charge >= 0.3 is 0 Å². The SMILES string of the molecule is COc1ccccc1C(O)CS(=O)(=O)c1cccc(F)c1. The first-order chi connectivity index (χ1) is 9.94. The number of halogens is 1. The van der Waals surface area contributed by atoms with Crippen LogP contribution >= 0.6 is 0 Å². The molecule has 4 nitrogen and oxygen atoms in total. The van der Waals surface area contributed by atoms with E-state index in [1.54, 1.807) is 24.3 Å². The van der Waals surface area contributed by atoms with Crippen LogP contribution in [0.4, 0.5) is 4.39 Å². The molecule has 2 aromatic rings. The third kappa shape index (κ3) is 3.59. The smallest absolute Gasteiger partial charge is 0.181 e. The van der Waals surface area contributed by atoms with Crippen molar-refractivity contribution in [1.82, 2.24) is 0 Å². The molecule has 112 valence electrons. The van der Waals surface area contributed by atoms with Crippen molar-refractivity contribution in [1.29, 1.82) is 0 Å². The first kappa shape index (κ1) is 15.5. The summed E-state index contributed by atoms with van der Waals surface area (Å²) < 4.78 is 42.6. The average molecular weight is 310 g/mol. The second-order valence-electron chi connectivity index (χ2n) is 4.50. The van der Waals surface area contributed by atoms with E-state index in [0.717, 1.165) is 12.1 Å². The van der Waals surface area contributed by atoms with Gasteiger partial charge in [0.05, 0.1) is 23.9 Å². The Morgan fingerprint density at radius 3 is 2.57 bits per heavy atom. The lowest BCUT2D eigenvalue weighted by Crippen LogP contribution is -2.15. The summed E-state index contributed by atoms with van der Waals surface area (Å²) in [4.78, 5) is -0.156. The van der Waals surface area contributed by atoms with E-state index in [2.05, 4.69) is 0 Å². The highest BCUT2D eigenvalue weighted by Crippen LogP contribution is 2.27. The molecule has 1 unspecified atom stereocenters. The Morgan fingerprint density at radius 2 is 1.90 bits per heavy atom. The van der Waals surface area contributed by atoms with Crippen LogP contribution in [0.2, 0.25) is 0 Å². The maximum absolute atomic E-state index is 13.1. The van der Waals surface area contributed by atoms with Crippen molar-refractivity contribution in [2.75, 3.05) is 12.9 Å². The van der Waals surface area contributed by atoms with Crippen molar-refractivity contribution < 1.29 is 22.7 Å². The van der Waals surface area contributed by atoms with Gasteiger partial charge in [-0.25, -0.2) is 12.8 Å². The van der Waals surface area contributed by atoms with Crippen molar-refractivity contribution in [3.05, 3.63) is 59.9 Å². The molecular formula is C15H15FO4S. The van der Waals surface area contributed by atoms with Crippen LogP contribution in [0, 0.1) is 5.82 Å². The number of hydrogen-bond acceptors (Lipinski definition) is 4. The van der Waals surface area contributed by atoms with Gasteiger partial charge in [0.25, 0.3) is 0 Å². The summed E-state index contributed by atoms with van der Waals surface area (Å²) in [6.07, 6.45) is -1.26. The van der Waals surface area contributed by atoms with E-state index < -0.39 is 27.5 Å². The lowest BCUT2D eigenvalue weighted by Gasteiger charge is -2.15. The number of sulfone groups is 1. The fourth-order valence-electron chi connectivity index (χ4n) is 2.00. The Kier molecular flexibility index (Phi) is 4.59. The normalized spacial score (nSPS) is 12.9. The molecule has 0 bridgehead atoms. The molecule has 0 aliphatic rings. The molecule has 2 aromatic carbocycles. The number of rotatable bonds is 5. The van der Waals surface area contributed by atoms with E-state index in [1.807, 2.05) is 0 Å². The number of ether oxygens (including phenoxy) is 1. The molecule has 1 atom stereocenters. The van der Waals surface area contributed by atoms with Crippen LogP contribution in [0.15, 0.2) is 53.4 Å². The van der Waals surface area contributed by atoms with Crippen LogP contribution in [0.25, 0.3) is 0 Å². The Morgan fingerprint density at radius 1 is 1.19 bits per heavy atom. The minimum Gasteiger partial charge on any atom is -0.496 e. The van der Waals surface area contributed by atoms with Gasteiger partial charge in [0.1, 0.15) is 11.6 Å². The predicted molar refractivity (Wildman–Crippen MR) is 76.4 cm³/mol. The standard InChI is InChI=1S/C15H15FO4S/c1-20-15-8-3-2-7-13(15)14(17)10-21(18,19)12-6-4-5-11(16)9-12/h2-9,14,17H,10H2,1H3. The highest BCUT2D eigenvalue weighted by molar-refractivity contribution is 7.91. The van der Waals surface area contributed by atoms with Crippen LogP contribution in [-0.4, -0.2) is 26.4 Å². The van der Waals surface area contributed by atoms with Crippen molar-refractivity contribution in [2.24, 2.45) is 0 Å². The van der Waals surface area contributed by atoms with Crippen LogP contribution < -0.4 is 4.74 Å². The van der Waals surface area contributed by atoms with Gasteiger partial charge in [-0.2, -0.15) is 0 Å². The van der Waals surface area contributed by atoms with Crippen LogP contribution in [0.5, 0.6) is 5.75 Å². The quantitative estimate of drug-likeness (QED) is 0.920. The van der Waals surface area contributed by atoms with Gasteiger partial charge in [-0.15, -0.1) is 0 Å². The van der Waals surface area contributed by atoms with Gasteiger partial charge in [-0.1, -0.05) is 24.3 Å². The number of para-hydroxylation sites is 1. The van der Waals surface area contributed by atoms with Crippen molar-refractivity contribution >= 4 is 9.84 Å². The van der Waals surface area contributed by atoms with Gasteiger partial charge in [-0.3, -0.25) is 0 Å². The van der Waals surface area contributed by atoms with E-state index in [1.165, 1.54) is 19.2 Å². The van der Waals surface area contributed by atoms with Crippen LogP contribution in [0.1, 0.15) is 11.7 Å². The van der Waals surface area contributed by atoms with Gasteiger partial charge in [-0.05, 0) is 24.3 Å². The van der Waals surface area contributed by atoms with E-state index in [-0.39, 0.29) is 4.90 Å². The third-order valence-electron chi connectivity index (χ3n) is 3.03. The highest BCUT2D eigenvalue weighted by atomic mass is 32.2.